The molecule has 1 aliphatic rings. The predicted molar refractivity (Wildman–Crippen MR) is 119 cm³/mol. The van der Waals surface area contributed by atoms with Crippen LogP contribution in [-0.2, 0) is 9.59 Å². The van der Waals surface area contributed by atoms with Crippen molar-refractivity contribution in [3.63, 3.8) is 0 Å². The molecular weight excluding hydrogens is 434 g/mol. The molecule has 9 heteroatoms. The summed E-state index contributed by atoms with van der Waals surface area (Å²) >= 11 is 5.82. The Bertz CT molecular complexity index is 1200. The van der Waals surface area contributed by atoms with Crippen molar-refractivity contribution >= 4 is 41.2 Å². The van der Waals surface area contributed by atoms with Crippen molar-refractivity contribution in [1.82, 2.24) is 10.2 Å². The first-order valence-electron chi connectivity index (χ1n) is 9.57. The Labute approximate surface area is 188 Å². The lowest BCUT2D eigenvalue weighted by Gasteiger charge is -2.11. The SMILES string of the molecule is COc1ccc(-c2ccc(/C=C3\NC(=O)N(CC(=O)Nc4ccc(Cl)cc4)C3=O)o2)cc1. The molecule has 0 atom stereocenters. The molecule has 1 saturated heterocycles. The Balaban J connectivity index is 1.43. The molecule has 162 valence electrons. The molecule has 4 rings (SSSR count). The number of halogens is 1. The lowest BCUT2D eigenvalue weighted by Crippen LogP contribution is -2.38. The summed E-state index contributed by atoms with van der Waals surface area (Å²) in [6.45, 7) is -0.431. The topological polar surface area (TPSA) is 101 Å². The number of urea groups is 1. The molecule has 8 nitrogen and oxygen atoms in total. The highest BCUT2D eigenvalue weighted by Gasteiger charge is 2.35. The minimum absolute atomic E-state index is 0.0184. The van der Waals surface area contributed by atoms with Gasteiger partial charge in [-0.25, -0.2) is 9.69 Å². The first-order valence-corrected chi connectivity index (χ1v) is 9.95. The minimum Gasteiger partial charge on any atom is -0.497 e. The summed E-state index contributed by atoms with van der Waals surface area (Å²) in [7, 11) is 1.59. The number of carbonyl (C=O) groups is 3. The second kappa shape index (κ2) is 8.99. The fraction of sp³-hybridized carbons (Fsp3) is 0.0870. The van der Waals surface area contributed by atoms with Crippen LogP contribution in [0, 0.1) is 0 Å². The molecule has 0 spiro atoms. The summed E-state index contributed by atoms with van der Waals surface area (Å²) in [5, 5.41) is 5.61. The molecule has 0 unspecified atom stereocenters. The van der Waals surface area contributed by atoms with Gasteiger partial charge in [-0.05, 0) is 60.7 Å². The van der Waals surface area contributed by atoms with Gasteiger partial charge < -0.3 is 19.8 Å². The van der Waals surface area contributed by atoms with Crippen molar-refractivity contribution in [2.45, 2.75) is 0 Å². The van der Waals surface area contributed by atoms with Gasteiger partial charge in [0.2, 0.25) is 5.91 Å². The fourth-order valence-corrected chi connectivity index (χ4v) is 3.20. The first-order chi connectivity index (χ1) is 15.4. The van der Waals surface area contributed by atoms with Gasteiger partial charge in [0, 0.05) is 22.3 Å². The van der Waals surface area contributed by atoms with Crippen LogP contribution in [0.25, 0.3) is 17.4 Å². The first kappa shape index (κ1) is 21.2. The van der Waals surface area contributed by atoms with Gasteiger partial charge in [-0.2, -0.15) is 0 Å². The van der Waals surface area contributed by atoms with E-state index in [1.54, 1.807) is 43.5 Å². The normalized spacial score (nSPS) is 14.6. The average Bonchev–Trinajstić information content (AvgIpc) is 3.36. The summed E-state index contributed by atoms with van der Waals surface area (Å²) in [6, 6.07) is 16.5. The van der Waals surface area contributed by atoms with Crippen LogP contribution in [0.1, 0.15) is 5.76 Å². The quantitative estimate of drug-likeness (QED) is 0.433. The molecule has 2 heterocycles. The number of rotatable bonds is 6. The van der Waals surface area contributed by atoms with E-state index in [2.05, 4.69) is 10.6 Å². The molecule has 2 aromatic carbocycles. The standard InChI is InChI=1S/C23H18ClN3O5/c1-31-17-8-2-14(3-9-17)20-11-10-18(32-20)12-19-22(29)27(23(30)26-19)13-21(28)25-16-6-4-15(24)5-7-16/h2-12H,13H2,1H3,(H,25,28)(H,26,30)/b19-12-. The average molecular weight is 452 g/mol. The number of benzene rings is 2. The van der Waals surface area contributed by atoms with E-state index in [0.717, 1.165) is 16.2 Å². The van der Waals surface area contributed by atoms with E-state index >= 15 is 0 Å². The van der Waals surface area contributed by atoms with Gasteiger partial charge in [-0.15, -0.1) is 0 Å². The van der Waals surface area contributed by atoms with E-state index < -0.39 is 24.4 Å². The van der Waals surface area contributed by atoms with Crippen molar-refractivity contribution in [2.24, 2.45) is 0 Å². The maximum Gasteiger partial charge on any atom is 0.329 e. The largest absolute Gasteiger partial charge is 0.497 e. The highest BCUT2D eigenvalue weighted by atomic mass is 35.5. The zero-order valence-electron chi connectivity index (χ0n) is 16.9. The number of hydrogen-bond acceptors (Lipinski definition) is 5. The fourth-order valence-electron chi connectivity index (χ4n) is 3.08. The third kappa shape index (κ3) is 4.65. The molecule has 4 amide bonds. The van der Waals surface area contributed by atoms with Crippen LogP contribution < -0.4 is 15.4 Å². The second-order valence-corrected chi connectivity index (χ2v) is 7.30. The molecular formula is C23H18ClN3O5. The summed E-state index contributed by atoms with van der Waals surface area (Å²) < 4.78 is 10.9. The molecule has 0 aliphatic carbocycles. The molecule has 3 aromatic rings. The van der Waals surface area contributed by atoms with Gasteiger partial charge in [-0.1, -0.05) is 11.6 Å². The number of imide groups is 1. The van der Waals surface area contributed by atoms with Crippen molar-refractivity contribution in [1.29, 1.82) is 0 Å². The molecule has 2 N–H and O–H groups in total. The number of nitrogens with one attached hydrogen (secondary N) is 2. The molecule has 0 saturated carbocycles. The van der Waals surface area contributed by atoms with Crippen LogP contribution in [0.4, 0.5) is 10.5 Å². The number of amides is 4. The predicted octanol–water partition coefficient (Wildman–Crippen LogP) is 4.14. The van der Waals surface area contributed by atoms with Crippen molar-refractivity contribution < 1.29 is 23.5 Å². The van der Waals surface area contributed by atoms with Crippen LogP contribution in [0.3, 0.4) is 0 Å². The number of carbonyl (C=O) groups excluding carboxylic acids is 3. The van der Waals surface area contributed by atoms with Crippen molar-refractivity contribution in [3.05, 3.63) is 77.1 Å². The number of nitrogens with zero attached hydrogens (tertiary/aromatic N) is 1. The maximum absolute atomic E-state index is 12.6. The van der Waals surface area contributed by atoms with Gasteiger partial charge in [0.05, 0.1) is 7.11 Å². The van der Waals surface area contributed by atoms with Crippen molar-refractivity contribution in [2.75, 3.05) is 19.0 Å². The summed E-state index contributed by atoms with van der Waals surface area (Å²) in [5.74, 6) is 0.560. The monoisotopic (exact) mass is 451 g/mol. The Morgan fingerprint density at radius 1 is 1.09 bits per heavy atom. The zero-order chi connectivity index (χ0) is 22.7. The number of ether oxygens (including phenoxy) is 1. The van der Waals surface area contributed by atoms with Crippen LogP contribution in [0.2, 0.25) is 5.02 Å². The molecule has 1 aliphatic heterocycles. The number of furan rings is 1. The van der Waals surface area contributed by atoms with Crippen molar-refractivity contribution in [3.8, 4) is 17.1 Å². The van der Waals surface area contributed by atoms with E-state index in [-0.39, 0.29) is 5.70 Å². The number of methoxy groups -OCH3 is 1. The van der Waals surface area contributed by atoms with Gasteiger partial charge in [0.1, 0.15) is 29.5 Å². The van der Waals surface area contributed by atoms with Gasteiger partial charge in [0.25, 0.3) is 5.91 Å². The highest BCUT2D eigenvalue weighted by Crippen LogP contribution is 2.26. The van der Waals surface area contributed by atoms with E-state index in [0.29, 0.717) is 22.2 Å². The van der Waals surface area contributed by atoms with Gasteiger partial charge in [0.15, 0.2) is 0 Å². The molecule has 0 bridgehead atoms. The third-order valence-corrected chi connectivity index (χ3v) is 4.93. The van der Waals surface area contributed by atoms with Crippen LogP contribution in [0.5, 0.6) is 5.75 Å². The van der Waals surface area contributed by atoms with E-state index in [4.69, 9.17) is 20.8 Å². The van der Waals surface area contributed by atoms with Crippen LogP contribution in [-0.4, -0.2) is 36.4 Å². The van der Waals surface area contributed by atoms with E-state index in [9.17, 15) is 14.4 Å². The number of hydrogen-bond donors (Lipinski definition) is 2. The molecule has 32 heavy (non-hydrogen) atoms. The van der Waals surface area contributed by atoms with Crippen LogP contribution >= 0.6 is 11.6 Å². The number of anilines is 1. The third-order valence-electron chi connectivity index (χ3n) is 4.68. The van der Waals surface area contributed by atoms with Crippen LogP contribution in [0.15, 0.2) is 70.8 Å². The lowest BCUT2D eigenvalue weighted by molar-refractivity contribution is -0.127. The summed E-state index contributed by atoms with van der Waals surface area (Å²) in [6.07, 6.45) is 1.42. The smallest absolute Gasteiger partial charge is 0.329 e. The van der Waals surface area contributed by atoms with E-state index in [1.807, 2.05) is 24.3 Å². The lowest BCUT2D eigenvalue weighted by atomic mass is 10.2. The Morgan fingerprint density at radius 3 is 2.50 bits per heavy atom. The molecule has 1 fully saturated rings. The Hall–Kier alpha value is -4.04. The summed E-state index contributed by atoms with van der Waals surface area (Å²) in [4.78, 5) is 37.9. The zero-order valence-corrected chi connectivity index (χ0v) is 17.7. The van der Waals surface area contributed by atoms with Gasteiger partial charge >= 0.3 is 6.03 Å². The highest BCUT2D eigenvalue weighted by molar-refractivity contribution is 6.30. The Kier molecular flexibility index (Phi) is 5.96. The van der Waals surface area contributed by atoms with E-state index in [1.165, 1.54) is 6.08 Å². The maximum atomic E-state index is 12.6. The summed E-state index contributed by atoms with van der Waals surface area (Å²) in [5.41, 5.74) is 1.35. The molecule has 1 aromatic heterocycles. The minimum atomic E-state index is -0.686. The van der Waals surface area contributed by atoms with Gasteiger partial charge in [-0.3, -0.25) is 9.59 Å². The Morgan fingerprint density at radius 2 is 1.81 bits per heavy atom. The second-order valence-electron chi connectivity index (χ2n) is 6.87. The molecule has 0 radical (unpaired) electrons.